The number of halogens is 2. The van der Waals surface area contributed by atoms with Crippen molar-refractivity contribution in [3.05, 3.63) is 33.9 Å². The van der Waals surface area contributed by atoms with E-state index in [4.69, 9.17) is 19.2 Å². The van der Waals surface area contributed by atoms with Gasteiger partial charge in [0.15, 0.2) is 30.0 Å². The first-order chi connectivity index (χ1) is 17.2. The lowest BCUT2D eigenvalue weighted by Crippen LogP contribution is -2.62. The lowest BCUT2D eigenvalue weighted by atomic mass is 9.87. The molecule has 37 heavy (non-hydrogen) atoms. The van der Waals surface area contributed by atoms with E-state index in [1.807, 2.05) is 0 Å². The van der Waals surface area contributed by atoms with E-state index in [9.17, 15) is 48.0 Å². The highest BCUT2D eigenvalue weighted by Gasteiger charge is 2.56. The quantitative estimate of drug-likeness (QED) is 0.0678. The van der Waals surface area contributed by atoms with Crippen molar-refractivity contribution >= 4 is 35.7 Å². The minimum atomic E-state index is -3.34. The van der Waals surface area contributed by atoms with Crippen LogP contribution in [0.5, 0.6) is 5.75 Å². The molecule has 1 aromatic rings. The van der Waals surface area contributed by atoms with Crippen molar-refractivity contribution < 1.29 is 66.8 Å². The first kappa shape index (κ1) is 31.0. The Balaban J connectivity index is 3.60. The van der Waals surface area contributed by atoms with Gasteiger partial charge < -0.3 is 24.2 Å². The van der Waals surface area contributed by atoms with Crippen LogP contribution in [0.15, 0.2) is 18.2 Å². The molecule has 4 atom stereocenters. The molecular formula is C21H23F2NO13. The van der Waals surface area contributed by atoms with Gasteiger partial charge >= 0.3 is 17.9 Å². The van der Waals surface area contributed by atoms with E-state index >= 15 is 0 Å². The summed E-state index contributed by atoms with van der Waals surface area (Å²) in [7, 11) is 0. The second-order valence-electron chi connectivity index (χ2n) is 7.39. The molecule has 14 nitrogen and oxygen atoms in total. The zero-order valence-corrected chi connectivity index (χ0v) is 19.9. The third kappa shape index (κ3) is 8.25. The molecule has 0 heterocycles. The summed E-state index contributed by atoms with van der Waals surface area (Å²) in [5.41, 5.74) is -4.85. The van der Waals surface area contributed by atoms with Crippen molar-refractivity contribution in [3.8, 4) is 5.75 Å². The van der Waals surface area contributed by atoms with Crippen LogP contribution in [-0.2, 0) is 43.1 Å². The molecule has 0 aliphatic rings. The molecule has 0 unspecified atom stereocenters. The maximum atomic E-state index is 13.5. The predicted octanol–water partition coefficient (Wildman–Crippen LogP) is 1.16. The van der Waals surface area contributed by atoms with E-state index in [0.29, 0.717) is 12.1 Å². The van der Waals surface area contributed by atoms with Crippen molar-refractivity contribution in [1.82, 2.24) is 0 Å². The summed E-state index contributed by atoms with van der Waals surface area (Å²) in [4.78, 5) is 79.1. The van der Waals surface area contributed by atoms with E-state index in [-0.39, 0.29) is 6.29 Å². The van der Waals surface area contributed by atoms with Crippen molar-refractivity contribution in [3.63, 3.8) is 0 Å². The van der Waals surface area contributed by atoms with Gasteiger partial charge in [-0.15, -0.1) is 0 Å². The number of hydrogen-bond acceptors (Lipinski definition) is 13. The van der Waals surface area contributed by atoms with Gasteiger partial charge in [0.2, 0.25) is 0 Å². The highest BCUT2D eigenvalue weighted by atomic mass is 19.3. The standard InChI is InChI=1S/C21H23F2NO13/c1-10(26)21(9-25,37-36-17-6-5-14(24(31)32)7-15(17)20(22)23)19(35-13(4)29)18(34-12(3)28)16(30)8-33-11(2)27/h5-7,9,16,18-20,30H,8H2,1-4H3/t16-,18+,19+,21-/m1/s1. The normalized spacial score (nSPS) is 14.9. The van der Waals surface area contributed by atoms with Crippen LogP contribution in [-0.4, -0.2) is 70.5 Å². The first-order valence-electron chi connectivity index (χ1n) is 10.2. The highest BCUT2D eigenvalue weighted by molar-refractivity contribution is 6.01. The maximum Gasteiger partial charge on any atom is 0.303 e. The van der Waals surface area contributed by atoms with Gasteiger partial charge in [-0.2, -0.15) is 4.89 Å². The number of nitro benzene ring substituents is 1. The van der Waals surface area contributed by atoms with E-state index in [0.717, 1.165) is 33.8 Å². The molecule has 16 heteroatoms. The number of aliphatic hydroxyl groups excluding tert-OH is 1. The van der Waals surface area contributed by atoms with Gasteiger partial charge in [-0.05, 0) is 13.0 Å². The van der Waals surface area contributed by atoms with Gasteiger partial charge in [0.05, 0.1) is 10.5 Å². The number of esters is 3. The lowest BCUT2D eigenvalue weighted by molar-refractivity contribution is -0.385. The number of carbonyl (C=O) groups excluding carboxylic acids is 5. The first-order valence-corrected chi connectivity index (χ1v) is 10.2. The molecule has 0 saturated carbocycles. The number of nitrogens with zero attached hydrogens (tertiary/aromatic N) is 1. The number of Topliss-reactive ketones (excluding diaryl/α,β-unsaturated/α-hetero) is 1. The number of nitro groups is 1. The summed E-state index contributed by atoms with van der Waals surface area (Å²) in [5, 5.41) is 21.4. The maximum absolute atomic E-state index is 13.5. The molecule has 1 rings (SSSR count). The van der Waals surface area contributed by atoms with Crippen molar-refractivity contribution in [2.24, 2.45) is 0 Å². The van der Waals surface area contributed by atoms with E-state index in [2.05, 4.69) is 4.74 Å². The Bertz CT molecular complexity index is 1050. The van der Waals surface area contributed by atoms with Crippen molar-refractivity contribution in [2.75, 3.05) is 6.61 Å². The van der Waals surface area contributed by atoms with Crippen LogP contribution in [0.4, 0.5) is 14.5 Å². The molecule has 0 saturated heterocycles. The lowest BCUT2D eigenvalue weighted by Gasteiger charge is -2.37. The van der Waals surface area contributed by atoms with Gasteiger partial charge in [0.25, 0.3) is 17.7 Å². The number of carbonyl (C=O) groups is 5. The Morgan fingerprint density at radius 1 is 1.08 bits per heavy atom. The fourth-order valence-corrected chi connectivity index (χ4v) is 2.89. The second kappa shape index (κ2) is 13.3. The molecule has 1 aromatic carbocycles. The monoisotopic (exact) mass is 535 g/mol. The summed E-state index contributed by atoms with van der Waals surface area (Å²) >= 11 is 0. The minimum Gasteiger partial charge on any atom is -0.463 e. The second-order valence-corrected chi connectivity index (χ2v) is 7.39. The molecule has 0 spiro atoms. The predicted molar refractivity (Wildman–Crippen MR) is 113 cm³/mol. The fourth-order valence-electron chi connectivity index (χ4n) is 2.89. The van der Waals surface area contributed by atoms with Crippen LogP contribution < -0.4 is 4.89 Å². The average molecular weight is 535 g/mol. The number of hydrogen-bond donors (Lipinski definition) is 1. The molecule has 0 aliphatic heterocycles. The SMILES string of the molecule is CC(=O)OC[C@@H](O)[C@H](OC(C)=O)[C@H](OC(C)=O)[C@](C=O)(OOc1ccc([N+](=O)[O-])cc1C(F)F)C(C)=O. The number of aliphatic hydroxyl groups is 1. The molecular weight excluding hydrogens is 512 g/mol. The number of non-ortho nitro benzene ring substituents is 1. The number of ketones is 1. The van der Waals surface area contributed by atoms with Gasteiger partial charge in [-0.25, -0.2) is 8.78 Å². The van der Waals surface area contributed by atoms with Gasteiger partial charge in [0.1, 0.15) is 12.7 Å². The molecule has 1 N–H and O–H groups in total. The largest absolute Gasteiger partial charge is 0.463 e. The zero-order valence-electron chi connectivity index (χ0n) is 19.9. The zero-order chi connectivity index (χ0) is 28.5. The van der Waals surface area contributed by atoms with Crippen molar-refractivity contribution in [1.29, 1.82) is 0 Å². The number of aldehydes is 1. The highest BCUT2D eigenvalue weighted by Crippen LogP contribution is 2.34. The molecule has 204 valence electrons. The van der Waals surface area contributed by atoms with Crippen LogP contribution in [0.1, 0.15) is 39.7 Å². The van der Waals surface area contributed by atoms with Gasteiger partial charge in [-0.1, -0.05) is 0 Å². The number of rotatable bonds is 14. The number of ether oxygens (including phenoxy) is 3. The van der Waals surface area contributed by atoms with E-state index < -0.39 is 82.6 Å². The molecule has 0 radical (unpaired) electrons. The third-order valence-electron chi connectivity index (χ3n) is 4.59. The molecule has 0 aromatic heterocycles. The summed E-state index contributed by atoms with van der Waals surface area (Å²) in [5.74, 6) is -5.30. The van der Waals surface area contributed by atoms with Crippen LogP contribution >= 0.6 is 0 Å². The van der Waals surface area contributed by atoms with Crippen LogP contribution in [0.3, 0.4) is 0 Å². The molecule has 0 amide bonds. The summed E-state index contributed by atoms with van der Waals surface area (Å²) in [6, 6.07) is 1.90. The summed E-state index contributed by atoms with van der Waals surface area (Å²) in [6.07, 6.45) is -10.0. The van der Waals surface area contributed by atoms with Crippen molar-refractivity contribution in [2.45, 2.75) is 58.0 Å². The minimum absolute atomic E-state index is 0.259. The Hall–Kier alpha value is -4.05. The topological polar surface area (TPSA) is 195 Å². The molecule has 0 bridgehead atoms. The van der Waals surface area contributed by atoms with Gasteiger partial charge in [-0.3, -0.25) is 34.1 Å². The Kier molecular flexibility index (Phi) is 11.1. The summed E-state index contributed by atoms with van der Waals surface area (Å²) < 4.78 is 41.5. The fraction of sp³-hybridized carbons (Fsp3) is 0.476. The average Bonchev–Trinajstić information content (AvgIpc) is 2.80. The molecule has 0 aliphatic carbocycles. The third-order valence-corrected chi connectivity index (χ3v) is 4.59. The van der Waals surface area contributed by atoms with Gasteiger partial charge in [0, 0.05) is 32.9 Å². The summed E-state index contributed by atoms with van der Waals surface area (Å²) in [6.45, 7) is 2.52. The Morgan fingerprint density at radius 2 is 1.68 bits per heavy atom. The molecule has 0 fully saturated rings. The number of alkyl halides is 2. The Labute approximate surface area is 207 Å². The van der Waals surface area contributed by atoms with Crippen LogP contribution in [0.25, 0.3) is 0 Å². The smallest absolute Gasteiger partial charge is 0.303 e. The van der Waals surface area contributed by atoms with E-state index in [1.165, 1.54) is 0 Å². The van der Waals surface area contributed by atoms with Crippen LogP contribution in [0.2, 0.25) is 0 Å². The van der Waals surface area contributed by atoms with Crippen LogP contribution in [0, 0.1) is 10.1 Å². The Morgan fingerprint density at radius 3 is 2.11 bits per heavy atom. The van der Waals surface area contributed by atoms with E-state index in [1.54, 1.807) is 0 Å². The number of benzene rings is 1.